The van der Waals surface area contributed by atoms with E-state index in [0.29, 0.717) is 28.6 Å². The summed E-state index contributed by atoms with van der Waals surface area (Å²) in [5.74, 6) is 0.421. The van der Waals surface area contributed by atoms with Gasteiger partial charge in [-0.05, 0) is 80.4 Å². The van der Waals surface area contributed by atoms with E-state index >= 15 is 0 Å². The number of carbonyl (C=O) groups is 2. The molecule has 0 radical (unpaired) electrons. The molecule has 1 unspecified atom stereocenters. The Morgan fingerprint density at radius 2 is 1.65 bits per heavy atom. The fourth-order valence-electron chi connectivity index (χ4n) is 2.96. The molecule has 2 aromatic carbocycles. The number of benzene rings is 2. The van der Waals surface area contributed by atoms with Crippen LogP contribution in [0.15, 0.2) is 48.5 Å². The van der Waals surface area contributed by atoms with Gasteiger partial charge in [-0.15, -0.1) is 0 Å². The van der Waals surface area contributed by atoms with E-state index in [2.05, 4.69) is 16.0 Å². The van der Waals surface area contributed by atoms with Gasteiger partial charge < -0.3 is 16.0 Å². The summed E-state index contributed by atoms with van der Waals surface area (Å²) >= 11 is 5.83. The van der Waals surface area contributed by atoms with Crippen LogP contribution in [0.25, 0.3) is 0 Å². The molecule has 26 heavy (non-hydrogen) atoms. The SMILES string of the molecule is O=C(CCC1CCNC1)Nc1ccc(NC(=O)c2ccc(Cl)cc2)cc1. The molecule has 1 atom stereocenters. The van der Waals surface area contributed by atoms with Crippen LogP contribution in [0.5, 0.6) is 0 Å². The highest BCUT2D eigenvalue weighted by Crippen LogP contribution is 2.18. The molecule has 6 heteroatoms. The summed E-state index contributed by atoms with van der Waals surface area (Å²) in [6.07, 6.45) is 2.59. The van der Waals surface area contributed by atoms with Gasteiger partial charge in [0.25, 0.3) is 5.91 Å². The Morgan fingerprint density at radius 1 is 1.00 bits per heavy atom. The van der Waals surface area contributed by atoms with Crippen LogP contribution in [-0.4, -0.2) is 24.9 Å². The summed E-state index contributed by atoms with van der Waals surface area (Å²) in [5, 5.41) is 9.61. The fraction of sp³-hybridized carbons (Fsp3) is 0.300. The van der Waals surface area contributed by atoms with Crippen LogP contribution in [0.1, 0.15) is 29.6 Å². The van der Waals surface area contributed by atoms with Gasteiger partial charge in [0, 0.05) is 28.4 Å². The van der Waals surface area contributed by atoms with Crippen molar-refractivity contribution in [2.24, 2.45) is 5.92 Å². The zero-order chi connectivity index (χ0) is 18.4. The lowest BCUT2D eigenvalue weighted by atomic mass is 10.0. The maximum atomic E-state index is 12.2. The first-order valence-corrected chi connectivity index (χ1v) is 9.15. The molecule has 0 aromatic heterocycles. The lowest BCUT2D eigenvalue weighted by Gasteiger charge is -2.10. The quantitative estimate of drug-likeness (QED) is 0.720. The number of hydrogen-bond acceptors (Lipinski definition) is 3. The van der Waals surface area contributed by atoms with Crippen molar-refractivity contribution in [3.05, 3.63) is 59.1 Å². The molecule has 1 aliphatic heterocycles. The van der Waals surface area contributed by atoms with Crippen LogP contribution in [0.4, 0.5) is 11.4 Å². The fourth-order valence-corrected chi connectivity index (χ4v) is 3.09. The van der Waals surface area contributed by atoms with Gasteiger partial charge in [0.15, 0.2) is 0 Å². The Labute approximate surface area is 158 Å². The molecule has 136 valence electrons. The first-order valence-electron chi connectivity index (χ1n) is 8.78. The highest BCUT2D eigenvalue weighted by Gasteiger charge is 2.15. The van der Waals surface area contributed by atoms with Crippen molar-refractivity contribution in [1.29, 1.82) is 0 Å². The van der Waals surface area contributed by atoms with Crippen molar-refractivity contribution in [2.45, 2.75) is 19.3 Å². The molecule has 3 rings (SSSR count). The van der Waals surface area contributed by atoms with E-state index < -0.39 is 0 Å². The van der Waals surface area contributed by atoms with Crippen molar-refractivity contribution in [3.63, 3.8) is 0 Å². The smallest absolute Gasteiger partial charge is 0.255 e. The average molecular weight is 372 g/mol. The van der Waals surface area contributed by atoms with E-state index in [9.17, 15) is 9.59 Å². The van der Waals surface area contributed by atoms with Gasteiger partial charge in [0.2, 0.25) is 5.91 Å². The van der Waals surface area contributed by atoms with Gasteiger partial charge in [0.05, 0.1) is 0 Å². The zero-order valence-electron chi connectivity index (χ0n) is 14.4. The standard InChI is InChI=1S/C20H22ClN3O2/c21-16-4-2-15(3-5-16)20(26)24-18-8-6-17(7-9-18)23-19(25)10-1-14-11-12-22-13-14/h2-9,14,22H,1,10-13H2,(H,23,25)(H,24,26). The van der Waals surface area contributed by atoms with E-state index in [1.165, 1.54) is 0 Å². The molecular weight excluding hydrogens is 350 g/mol. The summed E-state index contributed by atoms with van der Waals surface area (Å²) in [7, 11) is 0. The number of amides is 2. The molecule has 5 nitrogen and oxygen atoms in total. The van der Waals surface area contributed by atoms with Crippen molar-refractivity contribution in [3.8, 4) is 0 Å². The van der Waals surface area contributed by atoms with E-state index in [1.807, 2.05) is 0 Å². The predicted octanol–water partition coefficient (Wildman–Crippen LogP) is 3.92. The molecule has 0 aliphatic carbocycles. The summed E-state index contributed by atoms with van der Waals surface area (Å²) < 4.78 is 0. The highest BCUT2D eigenvalue weighted by atomic mass is 35.5. The van der Waals surface area contributed by atoms with Gasteiger partial charge in [-0.1, -0.05) is 11.6 Å². The second-order valence-electron chi connectivity index (χ2n) is 6.48. The van der Waals surface area contributed by atoms with E-state index in [0.717, 1.165) is 31.6 Å². The number of halogens is 1. The predicted molar refractivity (Wildman–Crippen MR) is 105 cm³/mol. The minimum absolute atomic E-state index is 0.0230. The first-order chi connectivity index (χ1) is 12.6. The third-order valence-electron chi connectivity index (χ3n) is 4.47. The van der Waals surface area contributed by atoms with E-state index in [-0.39, 0.29) is 11.8 Å². The monoisotopic (exact) mass is 371 g/mol. The second kappa shape index (κ2) is 8.83. The Bertz CT molecular complexity index is 754. The van der Waals surface area contributed by atoms with E-state index in [4.69, 9.17) is 11.6 Å². The Balaban J connectivity index is 1.48. The van der Waals surface area contributed by atoms with Crippen LogP contribution in [-0.2, 0) is 4.79 Å². The molecule has 3 N–H and O–H groups in total. The number of rotatable bonds is 6. The minimum Gasteiger partial charge on any atom is -0.326 e. The van der Waals surface area contributed by atoms with Gasteiger partial charge in [-0.25, -0.2) is 0 Å². The number of hydrogen-bond donors (Lipinski definition) is 3. The molecule has 0 saturated carbocycles. The summed E-state index contributed by atoms with van der Waals surface area (Å²) in [6.45, 7) is 2.06. The normalized spacial score (nSPS) is 16.3. The minimum atomic E-state index is -0.205. The topological polar surface area (TPSA) is 70.2 Å². The Morgan fingerprint density at radius 3 is 2.27 bits per heavy atom. The third-order valence-corrected chi connectivity index (χ3v) is 4.73. The van der Waals surface area contributed by atoms with Crippen molar-refractivity contribution >= 4 is 34.8 Å². The second-order valence-corrected chi connectivity index (χ2v) is 6.92. The molecule has 1 aliphatic rings. The van der Waals surface area contributed by atoms with Gasteiger partial charge >= 0.3 is 0 Å². The van der Waals surface area contributed by atoms with Crippen LogP contribution < -0.4 is 16.0 Å². The molecule has 1 fully saturated rings. The molecule has 0 spiro atoms. The third kappa shape index (κ3) is 5.31. The average Bonchev–Trinajstić information content (AvgIpc) is 3.16. The lowest BCUT2D eigenvalue weighted by Crippen LogP contribution is -2.15. The highest BCUT2D eigenvalue weighted by molar-refractivity contribution is 6.30. The van der Waals surface area contributed by atoms with Gasteiger partial charge in [0.1, 0.15) is 0 Å². The van der Waals surface area contributed by atoms with Gasteiger partial charge in [-0.2, -0.15) is 0 Å². The Kier molecular flexibility index (Phi) is 6.26. The van der Waals surface area contributed by atoms with Crippen LogP contribution >= 0.6 is 11.6 Å². The lowest BCUT2D eigenvalue weighted by molar-refractivity contribution is -0.116. The molecule has 0 bridgehead atoms. The largest absolute Gasteiger partial charge is 0.326 e. The Hall–Kier alpha value is -2.37. The van der Waals surface area contributed by atoms with Crippen LogP contribution in [0, 0.1) is 5.92 Å². The van der Waals surface area contributed by atoms with Crippen molar-refractivity contribution in [1.82, 2.24) is 5.32 Å². The molecule has 1 saturated heterocycles. The zero-order valence-corrected chi connectivity index (χ0v) is 15.2. The maximum absolute atomic E-state index is 12.2. The maximum Gasteiger partial charge on any atom is 0.255 e. The summed E-state index contributed by atoms with van der Waals surface area (Å²) in [5.41, 5.74) is 1.93. The van der Waals surface area contributed by atoms with E-state index in [1.54, 1.807) is 48.5 Å². The van der Waals surface area contributed by atoms with Crippen LogP contribution in [0.2, 0.25) is 5.02 Å². The summed E-state index contributed by atoms with van der Waals surface area (Å²) in [4.78, 5) is 24.2. The summed E-state index contributed by atoms with van der Waals surface area (Å²) in [6, 6.07) is 13.8. The first kappa shape index (κ1) is 18.4. The van der Waals surface area contributed by atoms with Crippen molar-refractivity contribution in [2.75, 3.05) is 23.7 Å². The van der Waals surface area contributed by atoms with Gasteiger partial charge in [-0.3, -0.25) is 9.59 Å². The number of nitrogens with one attached hydrogen (secondary N) is 3. The molecular formula is C20H22ClN3O2. The molecule has 1 heterocycles. The van der Waals surface area contributed by atoms with Crippen molar-refractivity contribution < 1.29 is 9.59 Å². The van der Waals surface area contributed by atoms with Crippen LogP contribution in [0.3, 0.4) is 0 Å². The molecule has 2 amide bonds. The number of anilines is 2. The number of carbonyl (C=O) groups excluding carboxylic acids is 2. The molecule has 2 aromatic rings.